The molecule has 0 aromatic carbocycles. The molecule has 0 aliphatic carbocycles. The van der Waals surface area contributed by atoms with Crippen LogP contribution in [0.25, 0.3) is 0 Å². The highest BCUT2D eigenvalue weighted by Gasteiger charge is 2.47. The van der Waals surface area contributed by atoms with Crippen molar-refractivity contribution in [3.8, 4) is 0 Å². The Balaban J connectivity index is 1.73. The van der Waals surface area contributed by atoms with E-state index >= 15 is 0 Å². The van der Waals surface area contributed by atoms with E-state index in [2.05, 4.69) is 50.3 Å². The van der Waals surface area contributed by atoms with Crippen molar-refractivity contribution in [2.24, 2.45) is 0 Å². The Hall–Kier alpha value is -2.28. The molecule has 11 unspecified atom stereocenters. The van der Waals surface area contributed by atoms with Gasteiger partial charge in [-0.05, 0) is 70.6 Å². The zero-order valence-electron chi connectivity index (χ0n) is 47.5. The molecule has 76 heavy (non-hydrogen) atoms. The highest BCUT2D eigenvalue weighted by molar-refractivity contribution is 5.70. The largest absolute Gasteiger partial charge is 0.462 e. The number of carbonyl (C=O) groups is 2. The normalized spacial score (nSPS) is 24.5. The van der Waals surface area contributed by atoms with Crippen LogP contribution in [0.1, 0.15) is 245 Å². The minimum Gasteiger partial charge on any atom is -0.462 e. The number of hydrogen-bond donors (Lipinski definition) is 7. The summed E-state index contributed by atoms with van der Waals surface area (Å²) in [6.07, 6.45) is 37.3. The van der Waals surface area contributed by atoms with Crippen LogP contribution in [0.4, 0.5) is 0 Å². The van der Waals surface area contributed by atoms with E-state index in [1.54, 1.807) is 0 Å². The number of carbonyl (C=O) groups excluding carboxylic acids is 2. The SMILES string of the molecule is CCCCC/C=C\C/C=C\CCCCCCCCCCCC(=O)OC(COC(=O)CCCCCCCCCCC/C=C\CCCCCCCCCC)COC1OC(COC2OC(CO)C(O)C(O)C2O)C(O)C(O)C1O. The smallest absolute Gasteiger partial charge is 0.306 e. The van der Waals surface area contributed by atoms with E-state index in [9.17, 15) is 45.3 Å². The number of esters is 2. The van der Waals surface area contributed by atoms with Crippen LogP contribution in [-0.2, 0) is 38.0 Å². The first-order chi connectivity index (χ1) is 37.0. The van der Waals surface area contributed by atoms with E-state index in [-0.39, 0.29) is 26.1 Å². The number of allylic oxidation sites excluding steroid dienone is 6. The number of rotatable bonds is 49. The summed E-state index contributed by atoms with van der Waals surface area (Å²) >= 11 is 0. The molecule has 2 rings (SSSR count). The fourth-order valence-electron chi connectivity index (χ4n) is 9.60. The first-order valence-corrected chi connectivity index (χ1v) is 30.6. The van der Waals surface area contributed by atoms with Gasteiger partial charge >= 0.3 is 11.9 Å². The molecule has 2 aliphatic rings. The van der Waals surface area contributed by atoms with Crippen molar-refractivity contribution < 1.29 is 73.8 Å². The number of ether oxygens (including phenoxy) is 6. The molecule has 0 radical (unpaired) electrons. The zero-order chi connectivity index (χ0) is 55.3. The number of unbranched alkanes of at least 4 members (excludes halogenated alkanes) is 29. The Kier molecular flexibility index (Phi) is 43.7. The summed E-state index contributed by atoms with van der Waals surface area (Å²) in [5, 5.41) is 72.4. The summed E-state index contributed by atoms with van der Waals surface area (Å²) in [7, 11) is 0. The van der Waals surface area contributed by atoms with Gasteiger partial charge in [-0.3, -0.25) is 9.59 Å². The van der Waals surface area contributed by atoms with Gasteiger partial charge in [-0.25, -0.2) is 0 Å². The first-order valence-electron chi connectivity index (χ1n) is 30.6. The zero-order valence-corrected chi connectivity index (χ0v) is 47.5. The van der Waals surface area contributed by atoms with Crippen LogP contribution in [-0.4, -0.2) is 142 Å². The van der Waals surface area contributed by atoms with Gasteiger partial charge in [-0.15, -0.1) is 0 Å². The molecular weight excluding hydrogens is 973 g/mol. The minimum absolute atomic E-state index is 0.161. The molecule has 0 aromatic heterocycles. The van der Waals surface area contributed by atoms with Crippen LogP contribution in [0.5, 0.6) is 0 Å². The topological polar surface area (TPSA) is 231 Å². The maximum absolute atomic E-state index is 13.1. The number of aliphatic hydroxyl groups excluding tert-OH is 7. The highest BCUT2D eigenvalue weighted by atomic mass is 16.7. The fraction of sp³-hybridized carbons (Fsp3) is 0.869. The average Bonchev–Trinajstić information content (AvgIpc) is 3.41. The summed E-state index contributed by atoms with van der Waals surface area (Å²) in [6, 6.07) is 0. The number of hydrogen-bond acceptors (Lipinski definition) is 15. The molecule has 0 aromatic rings. The first kappa shape index (κ1) is 69.8. The van der Waals surface area contributed by atoms with Crippen LogP contribution in [0.2, 0.25) is 0 Å². The van der Waals surface area contributed by atoms with E-state index < -0.39 is 92.7 Å². The summed E-state index contributed by atoms with van der Waals surface area (Å²) < 4.78 is 33.7. The maximum atomic E-state index is 13.1. The van der Waals surface area contributed by atoms with E-state index in [1.807, 2.05) is 0 Å². The molecule has 2 saturated heterocycles. The van der Waals surface area contributed by atoms with Crippen LogP contribution in [0.3, 0.4) is 0 Å². The molecule has 11 atom stereocenters. The molecular formula is C61H110O15. The van der Waals surface area contributed by atoms with Crippen molar-refractivity contribution in [3.63, 3.8) is 0 Å². The lowest BCUT2D eigenvalue weighted by Gasteiger charge is -2.42. The Morgan fingerprint density at radius 1 is 0.421 bits per heavy atom. The third-order valence-electron chi connectivity index (χ3n) is 14.6. The van der Waals surface area contributed by atoms with Gasteiger partial charge in [0, 0.05) is 12.8 Å². The van der Waals surface area contributed by atoms with Gasteiger partial charge in [0.15, 0.2) is 18.7 Å². The molecule has 2 aliphatic heterocycles. The van der Waals surface area contributed by atoms with Crippen molar-refractivity contribution >= 4 is 11.9 Å². The van der Waals surface area contributed by atoms with Crippen LogP contribution < -0.4 is 0 Å². The second-order valence-electron chi connectivity index (χ2n) is 21.5. The molecule has 0 amide bonds. The number of aliphatic hydroxyl groups is 7. The monoisotopic (exact) mass is 1080 g/mol. The van der Waals surface area contributed by atoms with E-state index in [4.69, 9.17) is 28.4 Å². The summed E-state index contributed by atoms with van der Waals surface area (Å²) in [4.78, 5) is 25.9. The molecule has 2 fully saturated rings. The molecule has 444 valence electrons. The highest BCUT2D eigenvalue weighted by Crippen LogP contribution is 2.27. The second-order valence-corrected chi connectivity index (χ2v) is 21.5. The Morgan fingerprint density at radius 2 is 0.789 bits per heavy atom. The van der Waals surface area contributed by atoms with Crippen molar-refractivity contribution in [2.75, 3.05) is 26.4 Å². The molecule has 2 heterocycles. The van der Waals surface area contributed by atoms with Gasteiger partial charge in [0.25, 0.3) is 0 Å². The van der Waals surface area contributed by atoms with Gasteiger partial charge < -0.3 is 64.2 Å². The Labute approximate surface area is 459 Å². The molecule has 15 nitrogen and oxygen atoms in total. The van der Waals surface area contributed by atoms with Crippen molar-refractivity contribution in [1.29, 1.82) is 0 Å². The van der Waals surface area contributed by atoms with Crippen molar-refractivity contribution in [1.82, 2.24) is 0 Å². The minimum atomic E-state index is -1.77. The Morgan fingerprint density at radius 3 is 1.26 bits per heavy atom. The van der Waals surface area contributed by atoms with Crippen LogP contribution >= 0.6 is 0 Å². The molecule has 0 saturated carbocycles. The maximum Gasteiger partial charge on any atom is 0.306 e. The van der Waals surface area contributed by atoms with E-state index in [0.717, 1.165) is 57.8 Å². The molecule has 15 heteroatoms. The van der Waals surface area contributed by atoms with Crippen LogP contribution in [0.15, 0.2) is 36.5 Å². The third kappa shape index (κ3) is 34.0. The lowest BCUT2D eigenvalue weighted by Crippen LogP contribution is -2.61. The lowest BCUT2D eigenvalue weighted by molar-refractivity contribution is -0.332. The van der Waals surface area contributed by atoms with Crippen molar-refractivity contribution in [3.05, 3.63) is 36.5 Å². The molecule has 0 bridgehead atoms. The van der Waals surface area contributed by atoms with Crippen LogP contribution in [0, 0.1) is 0 Å². The van der Waals surface area contributed by atoms with E-state index in [0.29, 0.717) is 12.8 Å². The summed E-state index contributed by atoms with van der Waals surface area (Å²) in [6.45, 7) is 2.60. The van der Waals surface area contributed by atoms with E-state index in [1.165, 1.54) is 148 Å². The average molecular weight is 1080 g/mol. The van der Waals surface area contributed by atoms with Gasteiger partial charge in [0.2, 0.25) is 0 Å². The van der Waals surface area contributed by atoms with Gasteiger partial charge in [0.05, 0.1) is 19.8 Å². The quantitative estimate of drug-likeness (QED) is 0.0171. The molecule has 0 spiro atoms. The standard InChI is InChI=1S/C61H110O15/c1-3-5-7-9-11-13-15-17-19-21-23-24-26-27-29-31-33-35-37-39-41-43-52(63)71-46-49(74-53(64)44-42-40-38-36-34-32-30-28-25-22-20-18-16-14-12-10-8-6-4-2)47-72-60-59(70)57(68)55(66)51(76-60)48-73-61-58(69)56(67)54(65)50(45-62)75-61/h12,14,18,20-21,23,49-51,54-62,65-70H,3-11,13,15-17,19,22,24-48H2,1-2H3/b14-12-,20-18-,23-21-. The summed E-state index contributed by atoms with van der Waals surface area (Å²) in [5.41, 5.74) is 0. The fourth-order valence-corrected chi connectivity index (χ4v) is 9.60. The van der Waals surface area contributed by atoms with Crippen molar-refractivity contribution in [2.45, 2.75) is 313 Å². The van der Waals surface area contributed by atoms with Gasteiger partial charge in [-0.2, -0.15) is 0 Å². The summed E-state index contributed by atoms with van der Waals surface area (Å²) in [5.74, 6) is -0.923. The lowest BCUT2D eigenvalue weighted by atomic mass is 9.98. The Bertz CT molecular complexity index is 1460. The second kappa shape index (κ2) is 47.5. The predicted octanol–water partition coefficient (Wildman–Crippen LogP) is 10.8. The third-order valence-corrected chi connectivity index (χ3v) is 14.6. The van der Waals surface area contributed by atoms with Gasteiger partial charge in [0.1, 0.15) is 55.4 Å². The molecule has 7 N–H and O–H groups in total. The van der Waals surface area contributed by atoms with Gasteiger partial charge in [-0.1, -0.05) is 198 Å². The predicted molar refractivity (Wildman–Crippen MR) is 298 cm³/mol.